The van der Waals surface area contributed by atoms with E-state index in [9.17, 15) is 4.79 Å². The Morgan fingerprint density at radius 2 is 2.00 bits per heavy atom. The summed E-state index contributed by atoms with van der Waals surface area (Å²) < 4.78 is 6.23. The maximum absolute atomic E-state index is 13.5. The fraction of sp³-hybridized carbons (Fsp3) is 0.174. The van der Waals surface area contributed by atoms with Gasteiger partial charge in [0.05, 0.1) is 23.4 Å². The SMILES string of the molecule is CCSc1ccc(C(=O)N(Cc2cccnc2)c2nc3c(OC)ccc(Cl)c3s2)cc1. The van der Waals surface area contributed by atoms with Crippen molar-refractivity contribution < 1.29 is 9.53 Å². The summed E-state index contributed by atoms with van der Waals surface area (Å²) in [5.74, 6) is 1.47. The highest BCUT2D eigenvalue weighted by Crippen LogP contribution is 2.39. The molecule has 4 rings (SSSR count). The summed E-state index contributed by atoms with van der Waals surface area (Å²) in [4.78, 5) is 25.2. The number of aromatic nitrogens is 2. The number of carbonyl (C=O) groups excluding carboxylic acids is 1. The Kier molecular flexibility index (Phi) is 6.75. The third kappa shape index (κ3) is 4.69. The molecule has 0 radical (unpaired) electrons. The molecular formula is C23H20ClN3O2S2. The molecule has 5 nitrogen and oxygen atoms in total. The van der Waals surface area contributed by atoms with Gasteiger partial charge in [0, 0.05) is 22.9 Å². The molecule has 2 heterocycles. The summed E-state index contributed by atoms with van der Waals surface area (Å²) in [5, 5.41) is 1.14. The van der Waals surface area contributed by atoms with E-state index in [0.29, 0.717) is 33.5 Å². The van der Waals surface area contributed by atoms with Gasteiger partial charge in [0.25, 0.3) is 5.91 Å². The molecule has 0 aliphatic heterocycles. The molecule has 0 spiro atoms. The van der Waals surface area contributed by atoms with Crippen molar-refractivity contribution in [3.8, 4) is 5.75 Å². The van der Waals surface area contributed by atoms with Gasteiger partial charge in [-0.15, -0.1) is 11.8 Å². The molecule has 2 aromatic carbocycles. The van der Waals surface area contributed by atoms with Crippen molar-refractivity contribution in [2.45, 2.75) is 18.4 Å². The van der Waals surface area contributed by atoms with Crippen molar-refractivity contribution >= 4 is 56.0 Å². The van der Waals surface area contributed by atoms with Crippen LogP contribution in [0.5, 0.6) is 5.75 Å². The Bertz CT molecular complexity index is 1200. The molecule has 4 aromatic rings. The number of hydrogen-bond acceptors (Lipinski definition) is 6. The number of methoxy groups -OCH3 is 1. The zero-order valence-electron chi connectivity index (χ0n) is 17.0. The zero-order valence-corrected chi connectivity index (χ0v) is 19.4. The lowest BCUT2D eigenvalue weighted by Crippen LogP contribution is -2.30. The van der Waals surface area contributed by atoms with Crippen molar-refractivity contribution in [2.24, 2.45) is 0 Å². The molecule has 0 unspecified atom stereocenters. The first-order valence-corrected chi connectivity index (χ1v) is 11.9. The third-order valence-corrected chi connectivity index (χ3v) is 7.05. The molecule has 0 atom stereocenters. The van der Waals surface area contributed by atoms with Crippen molar-refractivity contribution in [3.63, 3.8) is 0 Å². The molecular weight excluding hydrogens is 450 g/mol. The molecule has 2 aromatic heterocycles. The number of fused-ring (bicyclic) bond motifs is 1. The minimum atomic E-state index is -0.133. The van der Waals surface area contributed by atoms with Crippen LogP contribution in [0, 0.1) is 0 Å². The highest BCUT2D eigenvalue weighted by molar-refractivity contribution is 7.99. The van der Waals surface area contributed by atoms with Gasteiger partial charge in [-0.2, -0.15) is 0 Å². The first kappa shape index (κ1) is 21.6. The second kappa shape index (κ2) is 9.68. The van der Waals surface area contributed by atoms with Crippen molar-refractivity contribution in [1.82, 2.24) is 9.97 Å². The van der Waals surface area contributed by atoms with Gasteiger partial charge >= 0.3 is 0 Å². The predicted molar refractivity (Wildman–Crippen MR) is 129 cm³/mol. The van der Waals surface area contributed by atoms with Crippen LogP contribution in [0.2, 0.25) is 5.02 Å². The Balaban J connectivity index is 1.76. The highest BCUT2D eigenvalue weighted by atomic mass is 35.5. The number of hydrogen-bond donors (Lipinski definition) is 0. The zero-order chi connectivity index (χ0) is 21.8. The Morgan fingerprint density at radius 3 is 2.68 bits per heavy atom. The van der Waals surface area contributed by atoms with Crippen LogP contribution in [0.15, 0.2) is 65.8 Å². The molecule has 0 bridgehead atoms. The van der Waals surface area contributed by atoms with Crippen molar-refractivity contribution in [3.05, 3.63) is 77.1 Å². The molecule has 8 heteroatoms. The number of halogens is 1. The molecule has 0 aliphatic carbocycles. The van der Waals surface area contributed by atoms with Crippen LogP contribution in [0.25, 0.3) is 10.2 Å². The molecule has 31 heavy (non-hydrogen) atoms. The minimum Gasteiger partial charge on any atom is -0.494 e. The summed E-state index contributed by atoms with van der Waals surface area (Å²) in [5.41, 5.74) is 2.15. The number of rotatable bonds is 7. The Labute approximate surface area is 194 Å². The summed E-state index contributed by atoms with van der Waals surface area (Å²) in [6.07, 6.45) is 3.46. The second-order valence-corrected chi connectivity index (χ2v) is 9.36. The molecule has 0 aliphatic rings. The summed E-state index contributed by atoms with van der Waals surface area (Å²) >= 11 is 9.52. The second-order valence-electron chi connectivity index (χ2n) is 6.63. The van der Waals surface area contributed by atoms with Gasteiger partial charge in [-0.25, -0.2) is 4.98 Å². The maximum atomic E-state index is 13.5. The fourth-order valence-electron chi connectivity index (χ4n) is 3.14. The number of benzene rings is 2. The van der Waals surface area contributed by atoms with E-state index in [1.807, 2.05) is 36.4 Å². The van der Waals surface area contributed by atoms with Gasteiger partial charge in [0.2, 0.25) is 0 Å². The van der Waals surface area contributed by atoms with Crippen LogP contribution in [-0.2, 0) is 6.54 Å². The number of thiazole rings is 1. The van der Waals surface area contributed by atoms with E-state index in [0.717, 1.165) is 20.9 Å². The average molecular weight is 470 g/mol. The first-order valence-electron chi connectivity index (χ1n) is 9.67. The molecule has 0 saturated heterocycles. The molecule has 0 fully saturated rings. The number of nitrogens with zero attached hydrogens (tertiary/aromatic N) is 3. The Hall–Kier alpha value is -2.61. The lowest BCUT2D eigenvalue weighted by Gasteiger charge is -2.20. The number of ether oxygens (including phenoxy) is 1. The van der Waals surface area contributed by atoms with Gasteiger partial charge in [-0.05, 0) is 53.8 Å². The maximum Gasteiger partial charge on any atom is 0.260 e. The van der Waals surface area contributed by atoms with Crippen LogP contribution in [-0.4, -0.2) is 28.7 Å². The van der Waals surface area contributed by atoms with Crippen LogP contribution < -0.4 is 9.64 Å². The summed E-state index contributed by atoms with van der Waals surface area (Å²) in [6.45, 7) is 2.45. The third-order valence-electron chi connectivity index (χ3n) is 4.62. The van der Waals surface area contributed by atoms with E-state index in [4.69, 9.17) is 21.3 Å². The monoisotopic (exact) mass is 469 g/mol. The van der Waals surface area contributed by atoms with E-state index in [-0.39, 0.29) is 5.91 Å². The van der Waals surface area contributed by atoms with Gasteiger partial charge in [-0.3, -0.25) is 14.7 Å². The van der Waals surface area contributed by atoms with E-state index in [1.54, 1.807) is 48.3 Å². The van der Waals surface area contributed by atoms with Gasteiger partial charge in [0.1, 0.15) is 11.3 Å². The predicted octanol–water partition coefficient (Wildman–Crippen LogP) is 6.31. The highest BCUT2D eigenvalue weighted by Gasteiger charge is 2.23. The minimum absolute atomic E-state index is 0.133. The largest absolute Gasteiger partial charge is 0.494 e. The van der Waals surface area contributed by atoms with Crippen LogP contribution in [0.4, 0.5) is 5.13 Å². The molecule has 0 saturated carbocycles. The molecule has 158 valence electrons. The lowest BCUT2D eigenvalue weighted by molar-refractivity contribution is 0.0985. The number of amides is 1. The van der Waals surface area contributed by atoms with Crippen LogP contribution >= 0.6 is 34.7 Å². The number of anilines is 1. The smallest absolute Gasteiger partial charge is 0.260 e. The van der Waals surface area contributed by atoms with E-state index >= 15 is 0 Å². The van der Waals surface area contributed by atoms with Crippen molar-refractivity contribution in [2.75, 3.05) is 17.8 Å². The topological polar surface area (TPSA) is 55.3 Å². The van der Waals surface area contributed by atoms with Gasteiger partial charge in [0.15, 0.2) is 5.13 Å². The molecule has 0 N–H and O–H groups in total. The van der Waals surface area contributed by atoms with E-state index in [2.05, 4.69) is 11.9 Å². The van der Waals surface area contributed by atoms with Gasteiger partial charge < -0.3 is 4.74 Å². The fourth-order valence-corrected chi connectivity index (χ4v) is 5.05. The quantitative estimate of drug-likeness (QED) is 0.297. The standard InChI is InChI=1S/C23H20ClN3O2S2/c1-3-30-17-8-6-16(7-9-17)22(28)27(14-15-5-4-12-25-13-15)23-26-20-19(29-2)11-10-18(24)21(20)31-23/h4-13H,3,14H2,1-2H3. The average Bonchev–Trinajstić information content (AvgIpc) is 3.25. The summed E-state index contributed by atoms with van der Waals surface area (Å²) in [7, 11) is 1.59. The molecule has 1 amide bonds. The lowest BCUT2D eigenvalue weighted by atomic mass is 10.2. The van der Waals surface area contributed by atoms with Crippen molar-refractivity contribution in [1.29, 1.82) is 0 Å². The van der Waals surface area contributed by atoms with Crippen LogP contribution in [0.1, 0.15) is 22.8 Å². The first-order chi connectivity index (χ1) is 15.1. The number of carbonyl (C=O) groups is 1. The van der Waals surface area contributed by atoms with Gasteiger partial charge in [-0.1, -0.05) is 35.9 Å². The summed E-state index contributed by atoms with van der Waals surface area (Å²) in [6, 6.07) is 15.0. The van der Waals surface area contributed by atoms with Crippen LogP contribution in [0.3, 0.4) is 0 Å². The number of pyridine rings is 1. The number of thioether (sulfide) groups is 1. The van der Waals surface area contributed by atoms with E-state index < -0.39 is 0 Å². The Morgan fingerprint density at radius 1 is 1.19 bits per heavy atom. The normalized spacial score (nSPS) is 10.9. The van der Waals surface area contributed by atoms with E-state index in [1.165, 1.54) is 11.3 Å².